The average Bonchev–Trinajstić information content (AvgIpc) is 3.21. The molecule has 0 N–H and O–H groups in total. The molecule has 0 aromatic heterocycles. The molecule has 1 aliphatic rings. The van der Waals surface area contributed by atoms with Crippen LogP contribution < -0.4 is 9.80 Å². The SMILES string of the molecule is BrCCCCCCN(CCCCCCBr)c1ccc(N=Nc2ccc(N3CCCCCC3)cc2)cc1. The highest BCUT2D eigenvalue weighted by Gasteiger charge is 2.10. The second kappa shape index (κ2) is 18.0. The van der Waals surface area contributed by atoms with Gasteiger partial charge in [0.1, 0.15) is 0 Å². The summed E-state index contributed by atoms with van der Waals surface area (Å²) in [7, 11) is 0. The fourth-order valence-corrected chi connectivity index (χ4v) is 5.57. The van der Waals surface area contributed by atoms with E-state index in [2.05, 4.69) is 100 Å². The van der Waals surface area contributed by atoms with Crippen LogP contribution in [-0.2, 0) is 0 Å². The number of halogens is 2. The maximum atomic E-state index is 4.51. The fourth-order valence-electron chi connectivity index (χ4n) is 4.78. The van der Waals surface area contributed by atoms with Crippen molar-refractivity contribution < 1.29 is 0 Å². The summed E-state index contributed by atoms with van der Waals surface area (Å²) in [5.74, 6) is 0. The Morgan fingerprint density at radius 1 is 0.583 bits per heavy atom. The Hall–Kier alpha value is -1.40. The Morgan fingerprint density at radius 2 is 1.06 bits per heavy atom. The van der Waals surface area contributed by atoms with E-state index >= 15 is 0 Å². The molecule has 6 heteroatoms. The molecule has 1 aliphatic heterocycles. The van der Waals surface area contributed by atoms with Gasteiger partial charge < -0.3 is 9.80 Å². The number of hydrogen-bond acceptors (Lipinski definition) is 4. The van der Waals surface area contributed by atoms with Gasteiger partial charge in [-0.1, -0.05) is 70.4 Å². The Labute approximate surface area is 236 Å². The van der Waals surface area contributed by atoms with Crippen LogP contribution in [0.3, 0.4) is 0 Å². The molecule has 3 rings (SSSR count). The van der Waals surface area contributed by atoms with E-state index in [9.17, 15) is 0 Å². The number of hydrogen-bond donors (Lipinski definition) is 0. The van der Waals surface area contributed by atoms with Crippen LogP contribution in [0.15, 0.2) is 58.8 Å². The second-order valence-electron chi connectivity index (χ2n) is 9.83. The third-order valence-electron chi connectivity index (χ3n) is 6.94. The molecule has 0 spiro atoms. The van der Waals surface area contributed by atoms with Crippen LogP contribution in [0, 0.1) is 0 Å². The van der Waals surface area contributed by atoms with Gasteiger partial charge in [-0.05, 0) is 87.1 Å². The minimum atomic E-state index is 0.907. The minimum absolute atomic E-state index is 0.907. The second-order valence-corrected chi connectivity index (χ2v) is 11.4. The molecule has 36 heavy (non-hydrogen) atoms. The van der Waals surface area contributed by atoms with Gasteiger partial charge in [0.25, 0.3) is 0 Å². The Bertz CT molecular complexity index is 832. The van der Waals surface area contributed by atoms with Crippen LogP contribution >= 0.6 is 31.9 Å². The molecule has 1 saturated heterocycles. The van der Waals surface area contributed by atoms with Crippen molar-refractivity contribution in [1.82, 2.24) is 0 Å². The van der Waals surface area contributed by atoms with Crippen molar-refractivity contribution in [3.05, 3.63) is 48.5 Å². The van der Waals surface area contributed by atoms with E-state index in [0.717, 1.165) is 48.2 Å². The molecule has 0 unspecified atom stereocenters. The molecule has 2 aromatic carbocycles. The number of unbranched alkanes of at least 4 members (excludes halogenated alkanes) is 6. The summed E-state index contributed by atoms with van der Waals surface area (Å²) in [6.45, 7) is 4.59. The van der Waals surface area contributed by atoms with Gasteiger partial charge in [0.15, 0.2) is 0 Å². The third kappa shape index (κ3) is 10.9. The minimum Gasteiger partial charge on any atom is -0.372 e. The highest BCUT2D eigenvalue weighted by atomic mass is 79.9. The molecule has 0 saturated carbocycles. The molecule has 0 aliphatic carbocycles. The van der Waals surface area contributed by atoms with Gasteiger partial charge in [-0.25, -0.2) is 0 Å². The number of alkyl halides is 2. The fraction of sp³-hybridized carbons (Fsp3) is 0.600. The quantitative estimate of drug-likeness (QED) is 0.106. The van der Waals surface area contributed by atoms with Crippen molar-refractivity contribution in [3.8, 4) is 0 Å². The van der Waals surface area contributed by atoms with E-state index in [0.29, 0.717) is 0 Å². The van der Waals surface area contributed by atoms with Crippen LogP contribution in [0.5, 0.6) is 0 Å². The predicted molar refractivity (Wildman–Crippen MR) is 164 cm³/mol. The first kappa shape index (κ1) is 29.2. The maximum absolute atomic E-state index is 4.51. The van der Waals surface area contributed by atoms with Crippen LogP contribution in [0.2, 0.25) is 0 Å². The van der Waals surface area contributed by atoms with Crippen LogP contribution in [0.25, 0.3) is 0 Å². The average molecular weight is 621 g/mol. The molecule has 1 heterocycles. The van der Waals surface area contributed by atoms with Gasteiger partial charge >= 0.3 is 0 Å². The first-order valence-corrected chi connectivity index (χ1v) is 16.3. The summed E-state index contributed by atoms with van der Waals surface area (Å²) >= 11 is 7.09. The van der Waals surface area contributed by atoms with E-state index in [4.69, 9.17) is 0 Å². The summed E-state index contributed by atoms with van der Waals surface area (Å²) in [4.78, 5) is 5.06. The molecule has 0 radical (unpaired) electrons. The zero-order valence-electron chi connectivity index (χ0n) is 21.9. The van der Waals surface area contributed by atoms with E-state index < -0.39 is 0 Å². The van der Waals surface area contributed by atoms with Crippen LogP contribution in [0.4, 0.5) is 22.7 Å². The van der Waals surface area contributed by atoms with Gasteiger partial charge in [0.05, 0.1) is 11.4 Å². The number of anilines is 2. The van der Waals surface area contributed by atoms with E-state index in [1.807, 2.05) is 0 Å². The maximum Gasteiger partial charge on any atom is 0.0858 e. The number of nitrogens with zero attached hydrogens (tertiary/aromatic N) is 4. The lowest BCUT2D eigenvalue weighted by molar-refractivity contribution is 0.611. The van der Waals surface area contributed by atoms with Gasteiger partial charge in [-0.3, -0.25) is 0 Å². The van der Waals surface area contributed by atoms with Gasteiger partial charge in [0.2, 0.25) is 0 Å². The largest absolute Gasteiger partial charge is 0.372 e. The lowest BCUT2D eigenvalue weighted by atomic mass is 10.1. The summed E-state index contributed by atoms with van der Waals surface area (Å²) in [6, 6.07) is 17.2. The summed E-state index contributed by atoms with van der Waals surface area (Å²) in [5.41, 5.74) is 4.42. The highest BCUT2D eigenvalue weighted by Crippen LogP contribution is 2.26. The number of azo groups is 1. The molecule has 198 valence electrons. The van der Waals surface area contributed by atoms with Crippen molar-refractivity contribution in [2.75, 3.05) is 46.6 Å². The zero-order chi connectivity index (χ0) is 25.3. The Kier molecular flexibility index (Phi) is 14.5. The molecular weight excluding hydrogens is 576 g/mol. The lowest BCUT2D eigenvalue weighted by Crippen LogP contribution is -2.25. The van der Waals surface area contributed by atoms with Crippen molar-refractivity contribution in [2.45, 2.75) is 77.0 Å². The molecule has 0 bridgehead atoms. The third-order valence-corrected chi connectivity index (χ3v) is 8.06. The van der Waals surface area contributed by atoms with Crippen molar-refractivity contribution >= 4 is 54.6 Å². The molecule has 1 fully saturated rings. The number of rotatable bonds is 16. The van der Waals surface area contributed by atoms with Crippen LogP contribution in [-0.4, -0.2) is 36.8 Å². The number of benzene rings is 2. The van der Waals surface area contributed by atoms with E-state index in [1.165, 1.54) is 88.4 Å². The summed E-state index contributed by atoms with van der Waals surface area (Å²) in [5, 5.41) is 11.2. The molecule has 0 atom stereocenters. The molecule has 0 amide bonds. The Balaban J connectivity index is 1.54. The van der Waals surface area contributed by atoms with Gasteiger partial charge in [0, 0.05) is 48.2 Å². The van der Waals surface area contributed by atoms with Crippen molar-refractivity contribution in [1.29, 1.82) is 0 Å². The van der Waals surface area contributed by atoms with Gasteiger partial charge in [-0.2, -0.15) is 10.2 Å². The van der Waals surface area contributed by atoms with E-state index in [-0.39, 0.29) is 0 Å². The van der Waals surface area contributed by atoms with Crippen molar-refractivity contribution in [3.63, 3.8) is 0 Å². The molecular formula is C30H44Br2N4. The molecule has 2 aromatic rings. The van der Waals surface area contributed by atoms with Crippen LogP contribution in [0.1, 0.15) is 77.0 Å². The summed E-state index contributed by atoms with van der Waals surface area (Å²) in [6.07, 6.45) is 15.6. The first-order valence-electron chi connectivity index (χ1n) is 14.0. The molecule has 4 nitrogen and oxygen atoms in total. The van der Waals surface area contributed by atoms with E-state index in [1.54, 1.807) is 0 Å². The first-order chi connectivity index (χ1) is 17.8. The smallest absolute Gasteiger partial charge is 0.0858 e. The lowest BCUT2D eigenvalue weighted by Gasteiger charge is -2.25. The van der Waals surface area contributed by atoms with Crippen molar-refractivity contribution in [2.24, 2.45) is 10.2 Å². The topological polar surface area (TPSA) is 31.2 Å². The predicted octanol–water partition coefficient (Wildman–Crippen LogP) is 10.2. The Morgan fingerprint density at radius 3 is 1.56 bits per heavy atom. The monoisotopic (exact) mass is 618 g/mol. The summed E-state index contributed by atoms with van der Waals surface area (Å²) < 4.78 is 0. The standard InChI is InChI=1S/C30H44Br2N4/c31-21-7-1-3-9-23-35(24-10-4-2-8-22-32)29-17-13-27(14-18-29)33-34-28-15-19-30(20-16-28)36-25-11-5-6-12-26-36/h13-20H,1-12,21-26H2. The normalized spacial score (nSPS) is 14.3. The van der Waals surface area contributed by atoms with Gasteiger partial charge in [-0.15, -0.1) is 0 Å². The zero-order valence-corrected chi connectivity index (χ0v) is 25.1. The highest BCUT2D eigenvalue weighted by molar-refractivity contribution is 9.09.